The Labute approximate surface area is 112 Å². The van der Waals surface area contributed by atoms with E-state index in [9.17, 15) is 0 Å². The standard InChI is InChI=1S/C13H18ClNO3/c1-16-12-7-11(13(17-2)6-10(12)14)15-8-9-4-3-5-18-9/h6-7,9,15H,3-5,8H2,1-2H3. The van der Waals surface area contributed by atoms with Gasteiger partial charge in [0.05, 0.1) is 31.0 Å². The maximum Gasteiger partial charge on any atom is 0.143 e. The molecule has 1 aliphatic rings. The first kappa shape index (κ1) is 13.3. The molecule has 18 heavy (non-hydrogen) atoms. The lowest BCUT2D eigenvalue weighted by Gasteiger charge is -2.16. The first-order valence-electron chi connectivity index (χ1n) is 6.01. The zero-order valence-electron chi connectivity index (χ0n) is 10.7. The van der Waals surface area contributed by atoms with E-state index < -0.39 is 0 Å². The van der Waals surface area contributed by atoms with Crippen molar-refractivity contribution in [2.75, 3.05) is 32.7 Å². The van der Waals surface area contributed by atoms with Gasteiger partial charge >= 0.3 is 0 Å². The zero-order valence-corrected chi connectivity index (χ0v) is 11.4. The second kappa shape index (κ2) is 6.16. The van der Waals surface area contributed by atoms with Crippen LogP contribution in [0.3, 0.4) is 0 Å². The fourth-order valence-electron chi connectivity index (χ4n) is 2.03. The van der Waals surface area contributed by atoms with Gasteiger partial charge in [-0.25, -0.2) is 0 Å². The van der Waals surface area contributed by atoms with Crippen LogP contribution in [0.1, 0.15) is 12.8 Å². The molecule has 1 aromatic rings. The van der Waals surface area contributed by atoms with Crippen molar-refractivity contribution >= 4 is 17.3 Å². The molecule has 5 heteroatoms. The van der Waals surface area contributed by atoms with Gasteiger partial charge in [0.1, 0.15) is 11.5 Å². The Kier molecular flexibility index (Phi) is 4.55. The maximum absolute atomic E-state index is 6.05. The lowest BCUT2D eigenvalue weighted by molar-refractivity contribution is 0.120. The molecule has 0 bridgehead atoms. The van der Waals surface area contributed by atoms with Gasteiger partial charge in [0.15, 0.2) is 0 Å². The van der Waals surface area contributed by atoms with Crippen molar-refractivity contribution in [2.24, 2.45) is 0 Å². The number of ether oxygens (including phenoxy) is 3. The van der Waals surface area contributed by atoms with Gasteiger partial charge in [0.25, 0.3) is 0 Å². The molecule has 0 aliphatic carbocycles. The summed E-state index contributed by atoms with van der Waals surface area (Å²) in [6, 6.07) is 3.59. The Morgan fingerprint density at radius 1 is 1.33 bits per heavy atom. The van der Waals surface area contributed by atoms with Crippen LogP contribution in [0, 0.1) is 0 Å². The fraction of sp³-hybridized carbons (Fsp3) is 0.538. The molecule has 0 radical (unpaired) electrons. The number of halogens is 1. The fourth-order valence-corrected chi connectivity index (χ4v) is 2.26. The van der Waals surface area contributed by atoms with E-state index in [1.165, 1.54) is 0 Å². The summed E-state index contributed by atoms with van der Waals surface area (Å²) in [4.78, 5) is 0. The Morgan fingerprint density at radius 3 is 2.72 bits per heavy atom. The number of rotatable bonds is 5. The van der Waals surface area contributed by atoms with Gasteiger partial charge in [-0.15, -0.1) is 0 Å². The van der Waals surface area contributed by atoms with E-state index in [0.717, 1.165) is 31.7 Å². The topological polar surface area (TPSA) is 39.7 Å². The van der Waals surface area contributed by atoms with Crippen LogP contribution < -0.4 is 14.8 Å². The van der Waals surface area contributed by atoms with Crippen molar-refractivity contribution in [3.8, 4) is 11.5 Å². The van der Waals surface area contributed by atoms with Gasteiger partial charge in [-0.1, -0.05) is 11.6 Å². The minimum Gasteiger partial charge on any atom is -0.495 e. The highest BCUT2D eigenvalue weighted by Crippen LogP contribution is 2.35. The number of hydrogen-bond donors (Lipinski definition) is 1. The maximum atomic E-state index is 6.05. The molecular weight excluding hydrogens is 254 g/mol. The third-order valence-corrected chi connectivity index (χ3v) is 3.31. The Bertz CT molecular complexity index is 405. The van der Waals surface area contributed by atoms with Crippen LogP contribution in [-0.4, -0.2) is 33.5 Å². The van der Waals surface area contributed by atoms with Gasteiger partial charge in [-0.05, 0) is 12.8 Å². The number of nitrogens with one attached hydrogen (secondary N) is 1. The summed E-state index contributed by atoms with van der Waals surface area (Å²) in [6.07, 6.45) is 2.50. The van der Waals surface area contributed by atoms with Gasteiger partial charge in [-0.2, -0.15) is 0 Å². The highest BCUT2D eigenvalue weighted by Gasteiger charge is 2.16. The smallest absolute Gasteiger partial charge is 0.143 e. The molecule has 1 atom stereocenters. The van der Waals surface area contributed by atoms with Crippen LogP contribution in [0.25, 0.3) is 0 Å². The Hall–Kier alpha value is -1.13. The number of hydrogen-bond acceptors (Lipinski definition) is 4. The van der Waals surface area contributed by atoms with E-state index in [1.54, 1.807) is 20.3 Å². The monoisotopic (exact) mass is 271 g/mol. The highest BCUT2D eigenvalue weighted by atomic mass is 35.5. The molecule has 0 spiro atoms. The minimum atomic E-state index is 0.274. The molecule has 100 valence electrons. The molecular formula is C13H18ClNO3. The molecule has 1 heterocycles. The van der Waals surface area contributed by atoms with Crippen LogP contribution in [0.5, 0.6) is 11.5 Å². The average molecular weight is 272 g/mol. The predicted molar refractivity (Wildman–Crippen MR) is 72.0 cm³/mol. The summed E-state index contributed by atoms with van der Waals surface area (Å²) in [5.41, 5.74) is 0.870. The molecule has 1 saturated heterocycles. The van der Waals surface area contributed by atoms with Crippen LogP contribution in [-0.2, 0) is 4.74 Å². The minimum absolute atomic E-state index is 0.274. The van der Waals surface area contributed by atoms with E-state index in [-0.39, 0.29) is 6.10 Å². The van der Waals surface area contributed by atoms with Crippen LogP contribution >= 0.6 is 11.6 Å². The molecule has 2 rings (SSSR count). The van der Waals surface area contributed by atoms with E-state index >= 15 is 0 Å². The first-order chi connectivity index (χ1) is 8.74. The summed E-state index contributed by atoms with van der Waals surface area (Å²) >= 11 is 6.05. The predicted octanol–water partition coefficient (Wildman–Crippen LogP) is 2.95. The second-order valence-electron chi connectivity index (χ2n) is 4.20. The highest BCUT2D eigenvalue weighted by molar-refractivity contribution is 6.32. The van der Waals surface area contributed by atoms with Crippen molar-refractivity contribution in [1.82, 2.24) is 0 Å². The Morgan fingerprint density at radius 2 is 2.11 bits per heavy atom. The van der Waals surface area contributed by atoms with Gasteiger partial charge < -0.3 is 19.5 Å². The largest absolute Gasteiger partial charge is 0.495 e. The molecule has 4 nitrogen and oxygen atoms in total. The van der Waals surface area contributed by atoms with Gasteiger partial charge in [-0.3, -0.25) is 0 Å². The number of benzene rings is 1. The van der Waals surface area contributed by atoms with Crippen LogP contribution in [0.4, 0.5) is 5.69 Å². The number of methoxy groups -OCH3 is 2. The van der Waals surface area contributed by atoms with E-state index in [2.05, 4.69) is 5.32 Å². The molecule has 0 saturated carbocycles. The summed E-state index contributed by atoms with van der Waals surface area (Å²) in [5, 5.41) is 3.86. The van der Waals surface area contributed by atoms with Gasteiger partial charge in [0.2, 0.25) is 0 Å². The molecule has 1 aliphatic heterocycles. The van der Waals surface area contributed by atoms with Crippen molar-refractivity contribution in [3.63, 3.8) is 0 Å². The third kappa shape index (κ3) is 3.00. The summed E-state index contributed by atoms with van der Waals surface area (Å²) in [5.74, 6) is 1.34. The zero-order chi connectivity index (χ0) is 13.0. The van der Waals surface area contributed by atoms with Gasteiger partial charge in [0, 0.05) is 25.3 Å². The van der Waals surface area contributed by atoms with E-state index in [4.69, 9.17) is 25.8 Å². The molecule has 1 N–H and O–H groups in total. The van der Waals surface area contributed by atoms with Crippen molar-refractivity contribution in [3.05, 3.63) is 17.2 Å². The molecule has 0 aromatic heterocycles. The third-order valence-electron chi connectivity index (χ3n) is 3.02. The van der Waals surface area contributed by atoms with Crippen molar-refractivity contribution in [2.45, 2.75) is 18.9 Å². The first-order valence-corrected chi connectivity index (χ1v) is 6.39. The lowest BCUT2D eigenvalue weighted by atomic mass is 10.2. The average Bonchev–Trinajstić information content (AvgIpc) is 2.90. The molecule has 1 aromatic carbocycles. The summed E-state index contributed by atoms with van der Waals surface area (Å²) in [7, 11) is 3.22. The van der Waals surface area contributed by atoms with E-state index in [0.29, 0.717) is 16.5 Å². The summed E-state index contributed by atoms with van der Waals surface area (Å²) in [6.45, 7) is 1.62. The SMILES string of the molecule is COc1cc(NCC2CCCO2)c(OC)cc1Cl. The Balaban J connectivity index is 2.09. The quantitative estimate of drug-likeness (QED) is 0.894. The van der Waals surface area contributed by atoms with Crippen molar-refractivity contribution in [1.29, 1.82) is 0 Å². The molecule has 1 fully saturated rings. The summed E-state index contributed by atoms with van der Waals surface area (Å²) < 4.78 is 16.1. The number of anilines is 1. The van der Waals surface area contributed by atoms with E-state index in [1.807, 2.05) is 6.07 Å². The van der Waals surface area contributed by atoms with Crippen LogP contribution in [0.15, 0.2) is 12.1 Å². The molecule has 0 amide bonds. The normalized spacial score (nSPS) is 18.7. The lowest BCUT2D eigenvalue weighted by Crippen LogP contribution is -2.18. The van der Waals surface area contributed by atoms with Crippen LogP contribution in [0.2, 0.25) is 5.02 Å². The van der Waals surface area contributed by atoms with Crippen molar-refractivity contribution < 1.29 is 14.2 Å². The molecule has 1 unspecified atom stereocenters. The second-order valence-corrected chi connectivity index (χ2v) is 4.61.